The highest BCUT2D eigenvalue weighted by molar-refractivity contribution is 6.31. The summed E-state index contributed by atoms with van der Waals surface area (Å²) in [5, 5.41) is 24.6. The van der Waals surface area contributed by atoms with Crippen LogP contribution >= 0.6 is 0 Å². The van der Waals surface area contributed by atoms with E-state index in [1.807, 2.05) is 18.2 Å². The van der Waals surface area contributed by atoms with Crippen LogP contribution in [0.2, 0.25) is 0 Å². The van der Waals surface area contributed by atoms with Gasteiger partial charge in [-0.1, -0.05) is 24.3 Å². The number of Topliss-reactive ketones (excluding diaryl/α,β-unsaturated/α-hetero) is 2. The van der Waals surface area contributed by atoms with E-state index in [1.54, 1.807) is 13.8 Å². The molecular weight excluding hydrogens is 462 g/mol. The Labute approximate surface area is 208 Å². The van der Waals surface area contributed by atoms with Gasteiger partial charge in [-0.3, -0.25) is 14.4 Å². The molecule has 2 heterocycles. The quantitative estimate of drug-likeness (QED) is 0.339. The first-order valence-corrected chi connectivity index (χ1v) is 11.8. The number of rotatable bonds is 4. The number of benzene rings is 2. The van der Waals surface area contributed by atoms with Gasteiger partial charge in [-0.05, 0) is 45.2 Å². The summed E-state index contributed by atoms with van der Waals surface area (Å²) in [6, 6.07) is 8.01. The first-order chi connectivity index (χ1) is 17.1. The van der Waals surface area contributed by atoms with E-state index in [0.29, 0.717) is 18.8 Å². The van der Waals surface area contributed by atoms with Crippen LogP contribution in [-0.4, -0.2) is 40.7 Å². The molecule has 0 amide bonds. The largest absolute Gasteiger partial charge is 0.507 e. The van der Waals surface area contributed by atoms with Crippen molar-refractivity contribution in [3.8, 4) is 17.2 Å². The van der Waals surface area contributed by atoms with Gasteiger partial charge in [0.1, 0.15) is 34.0 Å². The number of nitrogens with one attached hydrogen (secondary N) is 1. The molecule has 0 bridgehead atoms. The fraction of sp³-hybridized carbons (Fsp3) is 0.321. The summed E-state index contributed by atoms with van der Waals surface area (Å²) >= 11 is 0. The average molecular weight is 490 g/mol. The lowest BCUT2D eigenvalue weighted by Gasteiger charge is -2.30. The predicted octanol–water partition coefficient (Wildman–Crippen LogP) is 3.47. The maximum atomic E-state index is 13.9. The Bertz CT molecular complexity index is 1420. The zero-order valence-electron chi connectivity index (χ0n) is 20.5. The van der Waals surface area contributed by atoms with Crippen molar-refractivity contribution < 1.29 is 34.1 Å². The third-order valence-corrected chi connectivity index (χ3v) is 7.40. The normalized spacial score (nSPS) is 23.8. The molecule has 0 aromatic heterocycles. The summed E-state index contributed by atoms with van der Waals surface area (Å²) in [5.74, 6) is -2.45. The van der Waals surface area contributed by atoms with Gasteiger partial charge in [0.2, 0.25) is 0 Å². The van der Waals surface area contributed by atoms with Crippen LogP contribution in [0.4, 0.5) is 0 Å². The Morgan fingerprint density at radius 2 is 1.89 bits per heavy atom. The first-order valence-electron chi connectivity index (χ1n) is 11.8. The molecule has 8 heteroatoms. The molecule has 2 aromatic rings. The molecule has 186 valence electrons. The molecule has 8 nitrogen and oxygen atoms in total. The lowest BCUT2D eigenvalue weighted by molar-refractivity contribution is -0.123. The molecule has 3 aliphatic rings. The number of hydrogen-bond donors (Lipinski definition) is 3. The molecule has 36 heavy (non-hydrogen) atoms. The minimum Gasteiger partial charge on any atom is -0.507 e. The van der Waals surface area contributed by atoms with Crippen molar-refractivity contribution in [1.29, 1.82) is 0 Å². The Morgan fingerprint density at radius 3 is 2.61 bits per heavy atom. The molecule has 0 spiro atoms. The Balaban J connectivity index is 1.54. The van der Waals surface area contributed by atoms with E-state index >= 15 is 0 Å². The van der Waals surface area contributed by atoms with E-state index in [-0.39, 0.29) is 45.6 Å². The van der Waals surface area contributed by atoms with Crippen LogP contribution < -0.4 is 10.1 Å². The van der Waals surface area contributed by atoms with Crippen LogP contribution in [0.25, 0.3) is 0 Å². The van der Waals surface area contributed by atoms with Crippen molar-refractivity contribution >= 4 is 17.3 Å². The Hall–Kier alpha value is -3.91. The molecule has 2 aromatic carbocycles. The second-order valence-corrected chi connectivity index (χ2v) is 9.58. The van der Waals surface area contributed by atoms with Gasteiger partial charge in [0, 0.05) is 23.9 Å². The van der Waals surface area contributed by atoms with E-state index in [0.717, 1.165) is 12.0 Å². The molecule has 0 saturated heterocycles. The number of allylic oxidation sites excluding steroid dienone is 4. The van der Waals surface area contributed by atoms with Crippen molar-refractivity contribution in [3.63, 3.8) is 0 Å². The van der Waals surface area contributed by atoms with E-state index < -0.39 is 28.5 Å². The van der Waals surface area contributed by atoms with Gasteiger partial charge in [-0.25, -0.2) is 0 Å². The lowest BCUT2D eigenvalue weighted by atomic mass is 9.70. The number of fused-ring (bicyclic) bond motifs is 4. The van der Waals surface area contributed by atoms with Crippen molar-refractivity contribution in [3.05, 3.63) is 75.2 Å². The summed E-state index contributed by atoms with van der Waals surface area (Å²) in [5.41, 5.74) is 1.05. The lowest BCUT2D eigenvalue weighted by Crippen LogP contribution is -2.41. The fourth-order valence-corrected chi connectivity index (χ4v) is 5.34. The van der Waals surface area contributed by atoms with Crippen LogP contribution in [0, 0.1) is 6.92 Å². The van der Waals surface area contributed by atoms with Crippen molar-refractivity contribution in [2.24, 2.45) is 0 Å². The third-order valence-electron chi connectivity index (χ3n) is 7.40. The van der Waals surface area contributed by atoms with Crippen LogP contribution in [-0.2, 0) is 26.2 Å². The second-order valence-electron chi connectivity index (χ2n) is 9.58. The minimum absolute atomic E-state index is 0.0105. The van der Waals surface area contributed by atoms with Crippen LogP contribution in [0.3, 0.4) is 0 Å². The molecule has 2 aliphatic heterocycles. The van der Waals surface area contributed by atoms with E-state index in [4.69, 9.17) is 9.47 Å². The van der Waals surface area contributed by atoms with Gasteiger partial charge in [-0.15, -0.1) is 0 Å². The number of hydrogen-bond acceptors (Lipinski definition) is 8. The van der Waals surface area contributed by atoms with E-state index in [1.165, 1.54) is 25.5 Å². The number of carbonyl (C=O) groups excluding carboxylic acids is 3. The maximum Gasteiger partial charge on any atom is 0.194 e. The van der Waals surface area contributed by atoms with Crippen molar-refractivity contribution in [2.75, 3.05) is 13.2 Å². The van der Waals surface area contributed by atoms with Gasteiger partial charge in [-0.2, -0.15) is 0 Å². The molecule has 0 saturated carbocycles. The van der Waals surface area contributed by atoms with E-state index in [2.05, 4.69) is 11.4 Å². The second kappa shape index (κ2) is 8.34. The number of phenols is 2. The zero-order valence-corrected chi connectivity index (χ0v) is 20.5. The standard InChI is InChI=1S/C28H27NO7/c1-13-24(32)22(15(3)30)26-23(25(13)33)28(4)20(36-26)11-18(31)21(27(28)34)14(2)29-12-19-17-8-6-5-7-16(17)9-10-35-19/h5-8,11,19,29,32-33H,9-10,12H2,1-4H3/b21-14+/t19?,28-/m1/s1. The van der Waals surface area contributed by atoms with Crippen LogP contribution in [0.5, 0.6) is 17.2 Å². The van der Waals surface area contributed by atoms with Gasteiger partial charge >= 0.3 is 0 Å². The van der Waals surface area contributed by atoms with Crippen LogP contribution in [0.15, 0.2) is 47.4 Å². The van der Waals surface area contributed by atoms with Gasteiger partial charge in [0.05, 0.1) is 23.8 Å². The third kappa shape index (κ3) is 3.28. The van der Waals surface area contributed by atoms with Gasteiger partial charge < -0.3 is 25.0 Å². The Morgan fingerprint density at radius 1 is 1.17 bits per heavy atom. The summed E-state index contributed by atoms with van der Waals surface area (Å²) in [6.45, 7) is 6.85. The smallest absolute Gasteiger partial charge is 0.194 e. The zero-order chi connectivity index (χ0) is 25.9. The molecule has 0 radical (unpaired) electrons. The number of phenolic OH excluding ortho intramolecular Hbond substituents is 2. The molecule has 2 atom stereocenters. The molecule has 1 aliphatic carbocycles. The van der Waals surface area contributed by atoms with Crippen molar-refractivity contribution in [2.45, 2.75) is 45.6 Å². The first kappa shape index (κ1) is 23.8. The average Bonchev–Trinajstić information content (AvgIpc) is 3.14. The molecular formula is C28H27NO7. The van der Waals surface area contributed by atoms with E-state index in [9.17, 15) is 24.6 Å². The highest BCUT2D eigenvalue weighted by Crippen LogP contribution is 2.57. The number of aromatic hydroxyl groups is 2. The SMILES string of the molecule is CC(=O)c1c(O)c(C)c(O)c2c1OC1=CC(=O)/C(=C(/C)NCC3OCCc4ccccc43)C(=O)[C@]12C. The number of ether oxygens (including phenoxy) is 2. The van der Waals surface area contributed by atoms with Gasteiger partial charge in [0.15, 0.2) is 17.3 Å². The maximum absolute atomic E-state index is 13.9. The monoisotopic (exact) mass is 489 g/mol. The fourth-order valence-electron chi connectivity index (χ4n) is 5.34. The molecule has 5 rings (SSSR count). The number of ketones is 3. The van der Waals surface area contributed by atoms with Crippen molar-refractivity contribution in [1.82, 2.24) is 5.32 Å². The summed E-state index contributed by atoms with van der Waals surface area (Å²) in [4.78, 5) is 39.3. The van der Waals surface area contributed by atoms with Gasteiger partial charge in [0.25, 0.3) is 0 Å². The topological polar surface area (TPSA) is 122 Å². The molecule has 1 unspecified atom stereocenters. The highest BCUT2D eigenvalue weighted by Gasteiger charge is 2.56. The molecule has 3 N–H and O–H groups in total. The summed E-state index contributed by atoms with van der Waals surface area (Å²) < 4.78 is 11.7. The molecule has 0 fully saturated rings. The summed E-state index contributed by atoms with van der Waals surface area (Å²) in [6.07, 6.45) is 1.81. The van der Waals surface area contributed by atoms with Crippen LogP contribution in [0.1, 0.15) is 59.5 Å². The predicted molar refractivity (Wildman–Crippen MR) is 130 cm³/mol. The summed E-state index contributed by atoms with van der Waals surface area (Å²) in [7, 11) is 0. The minimum atomic E-state index is -1.54. The highest BCUT2D eigenvalue weighted by atomic mass is 16.5. The Kier molecular flexibility index (Phi) is 5.52. The number of carbonyl (C=O) groups is 3.